The predicted octanol–water partition coefficient (Wildman–Crippen LogP) is 0.503. The van der Waals surface area contributed by atoms with Crippen LogP contribution < -0.4 is 4.72 Å². The van der Waals surface area contributed by atoms with Crippen molar-refractivity contribution in [3.63, 3.8) is 0 Å². The quantitative estimate of drug-likeness (QED) is 0.646. The Labute approximate surface area is 115 Å². The fraction of sp³-hybridized carbons (Fsp3) is 0.917. The van der Waals surface area contributed by atoms with Crippen LogP contribution in [0.3, 0.4) is 0 Å². The van der Waals surface area contributed by atoms with Crippen LogP contribution in [0.4, 0.5) is 0 Å². The lowest BCUT2D eigenvalue weighted by molar-refractivity contribution is -0.137. The molecule has 2 N–H and O–H groups in total. The van der Waals surface area contributed by atoms with Crippen molar-refractivity contribution in [1.29, 1.82) is 0 Å². The third-order valence-corrected chi connectivity index (χ3v) is 4.66. The summed E-state index contributed by atoms with van der Waals surface area (Å²) in [6, 6.07) is 0. The standard InChI is InChI=1S/C12H24N2O4S/c1-11(10-14-6-2-3-7-14)9-13-19(17,18)8-4-5-12(15)16/h11,13H,2-10H2,1H3,(H,15,16). The van der Waals surface area contributed by atoms with Gasteiger partial charge >= 0.3 is 5.97 Å². The summed E-state index contributed by atoms with van der Waals surface area (Å²) in [5, 5.41) is 8.47. The third-order valence-electron chi connectivity index (χ3n) is 3.22. The summed E-state index contributed by atoms with van der Waals surface area (Å²) in [6.07, 6.45) is 2.51. The van der Waals surface area contributed by atoms with Gasteiger partial charge < -0.3 is 10.0 Å². The van der Waals surface area contributed by atoms with Crippen molar-refractivity contribution in [3.05, 3.63) is 0 Å². The van der Waals surface area contributed by atoms with Crippen LogP contribution in [0.1, 0.15) is 32.6 Å². The van der Waals surface area contributed by atoms with Crippen LogP contribution in [-0.4, -0.2) is 56.3 Å². The minimum atomic E-state index is -3.34. The molecule has 1 aliphatic rings. The van der Waals surface area contributed by atoms with Crippen LogP contribution in [0.25, 0.3) is 0 Å². The Kier molecular flexibility index (Phi) is 6.74. The highest BCUT2D eigenvalue weighted by Crippen LogP contribution is 2.10. The number of hydrogen-bond donors (Lipinski definition) is 2. The van der Waals surface area contributed by atoms with Gasteiger partial charge in [0.15, 0.2) is 0 Å². The van der Waals surface area contributed by atoms with Crippen molar-refractivity contribution < 1.29 is 18.3 Å². The molecule has 0 aromatic rings. The van der Waals surface area contributed by atoms with Gasteiger partial charge in [0.2, 0.25) is 10.0 Å². The van der Waals surface area contributed by atoms with E-state index in [1.165, 1.54) is 12.8 Å². The lowest BCUT2D eigenvalue weighted by Gasteiger charge is -2.20. The molecular weight excluding hydrogens is 268 g/mol. The second-order valence-corrected chi connectivity index (χ2v) is 7.20. The summed E-state index contributed by atoms with van der Waals surface area (Å²) in [5.41, 5.74) is 0. The highest BCUT2D eigenvalue weighted by atomic mass is 32.2. The highest BCUT2D eigenvalue weighted by molar-refractivity contribution is 7.89. The van der Waals surface area contributed by atoms with Crippen molar-refractivity contribution in [3.8, 4) is 0 Å². The van der Waals surface area contributed by atoms with Gasteiger partial charge in [-0.15, -0.1) is 0 Å². The van der Waals surface area contributed by atoms with Gasteiger partial charge in [0.25, 0.3) is 0 Å². The zero-order chi connectivity index (χ0) is 14.3. The number of likely N-dealkylation sites (tertiary alicyclic amines) is 1. The zero-order valence-electron chi connectivity index (χ0n) is 11.5. The molecular formula is C12H24N2O4S. The van der Waals surface area contributed by atoms with Gasteiger partial charge in [-0.2, -0.15) is 0 Å². The molecule has 112 valence electrons. The number of carboxylic acid groups (broad SMARTS) is 1. The van der Waals surface area contributed by atoms with E-state index in [0.29, 0.717) is 6.54 Å². The van der Waals surface area contributed by atoms with Crippen LogP contribution in [0.2, 0.25) is 0 Å². The number of hydrogen-bond acceptors (Lipinski definition) is 4. The first-order valence-corrected chi connectivity index (χ1v) is 8.46. The van der Waals surface area contributed by atoms with Crippen molar-refractivity contribution >= 4 is 16.0 Å². The average Bonchev–Trinajstić information content (AvgIpc) is 2.78. The largest absolute Gasteiger partial charge is 0.481 e. The van der Waals surface area contributed by atoms with E-state index in [9.17, 15) is 13.2 Å². The molecule has 0 amide bonds. The Bertz CT molecular complexity index is 377. The molecule has 0 bridgehead atoms. The number of nitrogens with one attached hydrogen (secondary N) is 1. The van der Waals surface area contributed by atoms with E-state index in [0.717, 1.165) is 19.6 Å². The summed E-state index contributed by atoms with van der Waals surface area (Å²) in [7, 11) is -3.34. The van der Waals surface area contributed by atoms with E-state index >= 15 is 0 Å². The summed E-state index contributed by atoms with van der Waals surface area (Å²) >= 11 is 0. The molecule has 1 aliphatic heterocycles. The molecule has 0 radical (unpaired) electrons. The number of carboxylic acids is 1. The molecule has 1 saturated heterocycles. The van der Waals surface area contributed by atoms with Crippen LogP contribution >= 0.6 is 0 Å². The topological polar surface area (TPSA) is 86.7 Å². The molecule has 7 heteroatoms. The molecule has 0 spiro atoms. The number of carbonyl (C=O) groups is 1. The lowest BCUT2D eigenvalue weighted by atomic mass is 10.2. The fourth-order valence-corrected chi connectivity index (χ4v) is 3.43. The molecule has 6 nitrogen and oxygen atoms in total. The van der Waals surface area contributed by atoms with Crippen LogP contribution in [0.5, 0.6) is 0 Å². The summed E-state index contributed by atoms with van der Waals surface area (Å²) in [4.78, 5) is 12.7. The lowest BCUT2D eigenvalue weighted by Crippen LogP contribution is -2.35. The van der Waals surface area contributed by atoms with Gasteiger partial charge in [-0.3, -0.25) is 4.79 Å². The normalized spacial score (nSPS) is 18.6. The molecule has 1 atom stereocenters. The third kappa shape index (κ3) is 7.49. The Hall–Kier alpha value is -0.660. The number of sulfonamides is 1. The number of rotatable bonds is 9. The molecule has 0 aliphatic carbocycles. The fourth-order valence-electron chi connectivity index (χ4n) is 2.23. The van der Waals surface area contributed by atoms with Gasteiger partial charge in [0.05, 0.1) is 5.75 Å². The molecule has 1 rings (SSSR count). The Morgan fingerprint density at radius 3 is 2.58 bits per heavy atom. The van der Waals surface area contributed by atoms with Crippen LogP contribution in [-0.2, 0) is 14.8 Å². The summed E-state index contributed by atoms with van der Waals surface area (Å²) in [5.74, 6) is -0.805. The summed E-state index contributed by atoms with van der Waals surface area (Å²) in [6.45, 7) is 5.58. The van der Waals surface area contributed by atoms with E-state index < -0.39 is 16.0 Å². The van der Waals surface area contributed by atoms with E-state index in [1.807, 2.05) is 6.92 Å². The minimum absolute atomic E-state index is 0.107. The van der Waals surface area contributed by atoms with E-state index in [4.69, 9.17) is 5.11 Å². The molecule has 0 saturated carbocycles. The maximum atomic E-state index is 11.6. The smallest absolute Gasteiger partial charge is 0.303 e. The zero-order valence-corrected chi connectivity index (χ0v) is 12.3. The van der Waals surface area contributed by atoms with Crippen LogP contribution in [0.15, 0.2) is 0 Å². The molecule has 1 fully saturated rings. The maximum Gasteiger partial charge on any atom is 0.303 e. The number of aliphatic carboxylic acids is 1. The van der Waals surface area contributed by atoms with E-state index in [-0.39, 0.29) is 24.5 Å². The van der Waals surface area contributed by atoms with Gasteiger partial charge in [0, 0.05) is 19.5 Å². The van der Waals surface area contributed by atoms with Crippen molar-refractivity contribution in [2.24, 2.45) is 5.92 Å². The van der Waals surface area contributed by atoms with Crippen molar-refractivity contribution in [2.45, 2.75) is 32.6 Å². The second-order valence-electron chi connectivity index (χ2n) is 5.28. The van der Waals surface area contributed by atoms with E-state index in [2.05, 4.69) is 9.62 Å². The maximum absolute atomic E-state index is 11.6. The average molecular weight is 292 g/mol. The van der Waals surface area contributed by atoms with Crippen molar-refractivity contribution in [2.75, 3.05) is 31.9 Å². The second kappa shape index (κ2) is 7.81. The molecule has 1 unspecified atom stereocenters. The molecule has 0 aromatic carbocycles. The molecule has 19 heavy (non-hydrogen) atoms. The Balaban J connectivity index is 2.19. The Morgan fingerprint density at radius 1 is 1.37 bits per heavy atom. The van der Waals surface area contributed by atoms with Crippen LogP contribution in [0, 0.1) is 5.92 Å². The Morgan fingerprint density at radius 2 is 2.00 bits per heavy atom. The number of nitrogens with zero attached hydrogens (tertiary/aromatic N) is 1. The van der Waals surface area contributed by atoms with Gasteiger partial charge in [0.1, 0.15) is 0 Å². The minimum Gasteiger partial charge on any atom is -0.481 e. The van der Waals surface area contributed by atoms with Gasteiger partial charge in [-0.1, -0.05) is 6.92 Å². The summed E-state index contributed by atoms with van der Waals surface area (Å²) < 4.78 is 25.8. The predicted molar refractivity (Wildman–Crippen MR) is 73.5 cm³/mol. The molecule has 0 aromatic heterocycles. The highest BCUT2D eigenvalue weighted by Gasteiger charge is 2.17. The SMILES string of the molecule is CC(CNS(=O)(=O)CCCC(=O)O)CN1CCCC1. The van der Waals surface area contributed by atoms with Gasteiger partial charge in [-0.05, 0) is 38.3 Å². The first-order valence-electron chi connectivity index (χ1n) is 6.80. The molecule has 1 heterocycles. The van der Waals surface area contributed by atoms with Gasteiger partial charge in [-0.25, -0.2) is 13.1 Å². The van der Waals surface area contributed by atoms with Crippen molar-refractivity contribution in [1.82, 2.24) is 9.62 Å². The first-order chi connectivity index (χ1) is 8.89. The monoisotopic (exact) mass is 292 g/mol. The van der Waals surface area contributed by atoms with E-state index in [1.54, 1.807) is 0 Å². The first kappa shape index (κ1) is 16.4.